The fraction of sp³-hybridized carbons (Fsp3) is 0.769. The molecule has 7 heteroatoms. The molecule has 1 saturated heterocycles. The van der Waals surface area contributed by atoms with Crippen LogP contribution in [0.5, 0.6) is 0 Å². The minimum atomic E-state index is -1.25. The molecule has 1 atom stereocenters. The third-order valence-corrected chi connectivity index (χ3v) is 5.41. The van der Waals surface area contributed by atoms with Gasteiger partial charge in [-0.3, -0.25) is 0 Å². The molecule has 0 aromatic carbocycles. The van der Waals surface area contributed by atoms with Crippen LogP contribution in [-0.2, 0) is 11.0 Å². The Hall–Kier alpha value is -0.820. The van der Waals surface area contributed by atoms with Crippen molar-refractivity contribution in [3.05, 3.63) is 5.01 Å². The molecule has 1 aromatic rings. The molecule has 0 aliphatic carbocycles. The molecule has 5 nitrogen and oxygen atoms in total. The van der Waals surface area contributed by atoms with Crippen molar-refractivity contribution >= 4 is 34.2 Å². The van der Waals surface area contributed by atoms with E-state index in [1.165, 1.54) is 30.8 Å². The first-order chi connectivity index (χ1) is 9.38. The van der Waals surface area contributed by atoms with Gasteiger partial charge in [0.15, 0.2) is 5.01 Å². The summed E-state index contributed by atoms with van der Waals surface area (Å²) in [6, 6.07) is 0. The molecule has 0 N–H and O–H groups in total. The second-order valence-corrected chi connectivity index (χ2v) is 8.64. The minimum Gasteiger partial charge on any atom is -0.340 e. The predicted molar refractivity (Wildman–Crippen MR) is 86.1 cm³/mol. The monoisotopic (exact) mass is 314 g/mol. The van der Waals surface area contributed by atoms with Gasteiger partial charge in [-0.25, -0.2) is 4.21 Å². The lowest BCUT2D eigenvalue weighted by molar-refractivity contribution is 0.570. The highest BCUT2D eigenvalue weighted by atomic mass is 32.2. The first kappa shape index (κ1) is 15.6. The van der Waals surface area contributed by atoms with Crippen LogP contribution in [0.3, 0.4) is 0 Å². The first-order valence-corrected chi connectivity index (χ1v) is 8.82. The molecule has 1 fully saturated rings. The molecule has 1 aromatic heterocycles. The van der Waals surface area contributed by atoms with Gasteiger partial charge in [0, 0.05) is 13.1 Å². The van der Waals surface area contributed by atoms with Crippen LogP contribution in [0.4, 0.5) is 5.95 Å². The van der Waals surface area contributed by atoms with Gasteiger partial charge >= 0.3 is 0 Å². The second-order valence-electron chi connectivity index (χ2n) is 5.99. The Morgan fingerprint density at radius 3 is 2.55 bits per heavy atom. The third kappa shape index (κ3) is 3.85. The van der Waals surface area contributed by atoms with Gasteiger partial charge in [0.05, 0.1) is 10.5 Å². The van der Waals surface area contributed by atoms with Gasteiger partial charge in [-0.2, -0.15) is 13.8 Å². The molecule has 2 heterocycles. The smallest absolute Gasteiger partial charge is 0.237 e. The summed E-state index contributed by atoms with van der Waals surface area (Å²) in [5.41, 5.74) is 0.707. The number of anilines is 1. The van der Waals surface area contributed by atoms with E-state index in [0.29, 0.717) is 5.71 Å². The van der Waals surface area contributed by atoms with E-state index >= 15 is 0 Å². The Morgan fingerprint density at radius 2 is 1.95 bits per heavy atom. The van der Waals surface area contributed by atoms with E-state index in [-0.39, 0.29) is 4.75 Å². The van der Waals surface area contributed by atoms with Crippen LogP contribution >= 0.6 is 11.5 Å². The Bertz CT molecular complexity index is 513. The minimum absolute atomic E-state index is 0.346. The van der Waals surface area contributed by atoms with Crippen molar-refractivity contribution in [2.24, 2.45) is 4.40 Å². The molecule has 2 rings (SSSR count). The van der Waals surface area contributed by atoms with Crippen LogP contribution < -0.4 is 4.90 Å². The van der Waals surface area contributed by atoms with Gasteiger partial charge in [-0.15, -0.1) is 0 Å². The summed E-state index contributed by atoms with van der Waals surface area (Å²) in [5.74, 6) is 0.792. The van der Waals surface area contributed by atoms with E-state index in [1.54, 1.807) is 0 Å². The SMILES string of the molecule is CC(=NS(=O)C(C)(C)C)c1nc(N2CCCCC2)ns1. The fourth-order valence-electron chi connectivity index (χ4n) is 1.89. The molecular formula is C13H22N4OS2. The Labute approximate surface area is 127 Å². The maximum absolute atomic E-state index is 12.0. The number of aromatic nitrogens is 2. The predicted octanol–water partition coefficient (Wildman–Crippen LogP) is 2.80. The van der Waals surface area contributed by atoms with Crippen LogP contribution in [0.2, 0.25) is 0 Å². The van der Waals surface area contributed by atoms with E-state index in [2.05, 4.69) is 18.7 Å². The summed E-state index contributed by atoms with van der Waals surface area (Å²) in [5, 5.41) is 0.767. The van der Waals surface area contributed by atoms with Gasteiger partial charge < -0.3 is 4.90 Å². The van der Waals surface area contributed by atoms with Crippen LogP contribution in [0.1, 0.15) is 52.0 Å². The number of hydrogen-bond donors (Lipinski definition) is 0. The fourth-order valence-corrected chi connectivity index (χ4v) is 3.18. The van der Waals surface area contributed by atoms with Crippen molar-refractivity contribution < 1.29 is 4.21 Å². The van der Waals surface area contributed by atoms with Gasteiger partial charge in [0.25, 0.3) is 0 Å². The molecule has 112 valence electrons. The van der Waals surface area contributed by atoms with E-state index in [0.717, 1.165) is 24.0 Å². The van der Waals surface area contributed by atoms with Gasteiger partial charge in [-0.1, -0.05) is 0 Å². The molecule has 0 amide bonds. The maximum atomic E-state index is 12.0. The largest absolute Gasteiger partial charge is 0.340 e. The van der Waals surface area contributed by atoms with E-state index in [1.807, 2.05) is 27.7 Å². The molecule has 20 heavy (non-hydrogen) atoms. The van der Waals surface area contributed by atoms with Crippen LogP contribution in [-0.4, -0.2) is 37.1 Å². The number of rotatable bonds is 3. The topological polar surface area (TPSA) is 58.5 Å². The summed E-state index contributed by atoms with van der Waals surface area (Å²) in [7, 11) is -1.25. The zero-order chi connectivity index (χ0) is 14.8. The summed E-state index contributed by atoms with van der Waals surface area (Å²) in [6.07, 6.45) is 3.70. The Kier molecular flexibility index (Phi) is 4.90. The molecule has 1 unspecified atom stereocenters. The molecule has 0 radical (unpaired) electrons. The number of nitrogens with zero attached hydrogens (tertiary/aromatic N) is 4. The average Bonchev–Trinajstić information content (AvgIpc) is 2.88. The third-order valence-electron chi connectivity index (χ3n) is 3.11. The quantitative estimate of drug-likeness (QED) is 0.805. The van der Waals surface area contributed by atoms with Gasteiger partial charge in [0.1, 0.15) is 11.0 Å². The highest BCUT2D eigenvalue weighted by Gasteiger charge is 2.21. The molecule has 0 spiro atoms. The molecule has 1 aliphatic rings. The Balaban J connectivity index is 2.11. The highest BCUT2D eigenvalue weighted by Crippen LogP contribution is 2.20. The first-order valence-electron chi connectivity index (χ1n) is 6.94. The van der Waals surface area contributed by atoms with Gasteiger partial charge in [-0.05, 0) is 58.5 Å². The van der Waals surface area contributed by atoms with Crippen molar-refractivity contribution in [2.45, 2.75) is 51.7 Å². The standard InChI is InChI=1S/C13H22N4OS2/c1-10(16-20(18)13(2,3)4)11-14-12(15-19-11)17-8-6-5-7-9-17/h5-9H2,1-4H3. The summed E-state index contributed by atoms with van der Waals surface area (Å²) in [4.78, 5) is 6.76. The zero-order valence-corrected chi connectivity index (χ0v) is 14.2. The molecule has 0 bridgehead atoms. The van der Waals surface area contributed by atoms with Gasteiger partial charge in [0.2, 0.25) is 5.95 Å². The van der Waals surface area contributed by atoms with Crippen molar-refractivity contribution in [2.75, 3.05) is 18.0 Å². The van der Waals surface area contributed by atoms with Crippen molar-refractivity contribution in [1.29, 1.82) is 0 Å². The number of piperidine rings is 1. The van der Waals surface area contributed by atoms with Crippen molar-refractivity contribution in [3.63, 3.8) is 0 Å². The molecule has 1 aliphatic heterocycles. The van der Waals surface area contributed by atoms with E-state index in [4.69, 9.17) is 0 Å². The lowest BCUT2D eigenvalue weighted by Crippen LogP contribution is -2.30. The lowest BCUT2D eigenvalue weighted by Gasteiger charge is -2.25. The van der Waals surface area contributed by atoms with E-state index in [9.17, 15) is 4.21 Å². The lowest BCUT2D eigenvalue weighted by atomic mass is 10.1. The molecule has 0 saturated carbocycles. The summed E-state index contributed by atoms with van der Waals surface area (Å²) < 4.78 is 20.3. The second kappa shape index (κ2) is 6.30. The normalized spacial score (nSPS) is 19.2. The van der Waals surface area contributed by atoms with Crippen molar-refractivity contribution in [3.8, 4) is 0 Å². The summed E-state index contributed by atoms with van der Waals surface area (Å²) >= 11 is 1.34. The average molecular weight is 314 g/mol. The maximum Gasteiger partial charge on any atom is 0.237 e. The Morgan fingerprint density at radius 1 is 1.30 bits per heavy atom. The van der Waals surface area contributed by atoms with Crippen LogP contribution in [0, 0.1) is 0 Å². The molecular weight excluding hydrogens is 292 g/mol. The van der Waals surface area contributed by atoms with Crippen LogP contribution in [0.15, 0.2) is 4.40 Å². The summed E-state index contributed by atoms with van der Waals surface area (Å²) in [6.45, 7) is 9.65. The number of hydrogen-bond acceptors (Lipinski definition) is 5. The van der Waals surface area contributed by atoms with Crippen LogP contribution in [0.25, 0.3) is 0 Å². The van der Waals surface area contributed by atoms with Crippen molar-refractivity contribution in [1.82, 2.24) is 9.36 Å². The highest BCUT2D eigenvalue weighted by molar-refractivity contribution is 7.85. The zero-order valence-electron chi connectivity index (χ0n) is 12.5. The van der Waals surface area contributed by atoms with E-state index < -0.39 is 11.0 Å².